The summed E-state index contributed by atoms with van der Waals surface area (Å²) >= 11 is 0. The highest BCUT2D eigenvalue weighted by Gasteiger charge is 2.25. The van der Waals surface area contributed by atoms with Gasteiger partial charge in [0, 0.05) is 6.07 Å². The Morgan fingerprint density at radius 2 is 2.07 bits per heavy atom. The topological polar surface area (TPSA) is 101 Å². The van der Waals surface area contributed by atoms with Crippen LogP contribution in [-0.4, -0.2) is 13.3 Å². The second-order valence-electron chi connectivity index (χ2n) is 2.46. The van der Waals surface area contributed by atoms with Crippen LogP contribution in [-0.2, 0) is 10.2 Å². The lowest BCUT2D eigenvalue weighted by Crippen LogP contribution is -2.00. The minimum atomic E-state index is -5.13. The van der Waals surface area contributed by atoms with E-state index in [1.54, 1.807) is 0 Å². The largest absolute Gasteiger partial charge is 0.333 e. The maximum Gasteiger partial charge on any atom is 0.333 e. The van der Waals surface area contributed by atoms with E-state index in [0.29, 0.717) is 0 Å². The molecule has 0 aliphatic carbocycles. The summed E-state index contributed by atoms with van der Waals surface area (Å²) in [5.41, 5.74) is -1.54. The number of benzene rings is 1. The Hall–Kier alpha value is -2.01. The summed E-state index contributed by atoms with van der Waals surface area (Å²) in [5.74, 6) is 0. The van der Waals surface area contributed by atoms with Gasteiger partial charge >= 0.3 is 10.2 Å². The number of halogens is 1. The van der Waals surface area contributed by atoms with Crippen LogP contribution in [0.1, 0.15) is 5.56 Å². The van der Waals surface area contributed by atoms with Gasteiger partial charge in [-0.3, -0.25) is 10.1 Å². The lowest BCUT2D eigenvalue weighted by Gasteiger charge is -1.98. The van der Waals surface area contributed by atoms with Crippen LogP contribution in [0.3, 0.4) is 0 Å². The van der Waals surface area contributed by atoms with E-state index >= 15 is 0 Å². The minimum Gasteiger partial charge on any atom is -0.258 e. The number of nitro groups is 1. The molecule has 0 saturated heterocycles. The zero-order valence-electron chi connectivity index (χ0n) is 7.05. The maximum atomic E-state index is 12.6. The van der Waals surface area contributed by atoms with Gasteiger partial charge in [-0.15, -0.1) is 3.89 Å². The van der Waals surface area contributed by atoms with Crippen LogP contribution in [0.15, 0.2) is 23.1 Å². The summed E-state index contributed by atoms with van der Waals surface area (Å²) < 4.78 is 33.7. The maximum absolute atomic E-state index is 12.6. The molecule has 1 rings (SSSR count). The molecule has 0 bridgehead atoms. The Labute approximate surface area is 83.9 Å². The first-order chi connectivity index (χ1) is 6.88. The van der Waals surface area contributed by atoms with Gasteiger partial charge in [0.2, 0.25) is 0 Å². The summed E-state index contributed by atoms with van der Waals surface area (Å²) in [4.78, 5) is 8.46. The molecule has 8 heteroatoms. The highest BCUT2D eigenvalue weighted by Crippen LogP contribution is 2.25. The number of nitro benzene ring substituents is 1. The van der Waals surface area contributed by atoms with E-state index in [-0.39, 0.29) is 0 Å². The minimum absolute atomic E-state index is 0.740. The van der Waals surface area contributed by atoms with E-state index in [4.69, 9.17) is 5.26 Å². The SMILES string of the molecule is N#Cc1c([N+](=O)[O-])cccc1S(=O)(=O)F. The van der Waals surface area contributed by atoms with Crippen molar-refractivity contribution in [3.63, 3.8) is 0 Å². The molecule has 0 atom stereocenters. The second kappa shape index (κ2) is 3.62. The molecule has 0 amide bonds. The molecule has 0 heterocycles. The lowest BCUT2D eigenvalue weighted by atomic mass is 10.2. The third-order valence-electron chi connectivity index (χ3n) is 1.58. The molecule has 0 radical (unpaired) electrons. The fraction of sp³-hybridized carbons (Fsp3) is 0. The van der Waals surface area contributed by atoms with E-state index in [0.717, 1.165) is 18.2 Å². The molecular weight excluding hydrogens is 227 g/mol. The highest BCUT2D eigenvalue weighted by molar-refractivity contribution is 7.86. The van der Waals surface area contributed by atoms with E-state index in [9.17, 15) is 22.4 Å². The Morgan fingerprint density at radius 3 is 2.47 bits per heavy atom. The van der Waals surface area contributed by atoms with Crippen LogP contribution in [0.25, 0.3) is 0 Å². The molecule has 0 saturated carbocycles. The average molecular weight is 230 g/mol. The van der Waals surface area contributed by atoms with Gasteiger partial charge in [-0.05, 0) is 6.07 Å². The molecule has 78 valence electrons. The van der Waals surface area contributed by atoms with E-state index in [1.165, 1.54) is 6.07 Å². The van der Waals surface area contributed by atoms with Crippen LogP contribution >= 0.6 is 0 Å². The third kappa shape index (κ3) is 2.08. The Kier molecular flexibility index (Phi) is 2.67. The molecule has 0 aliphatic heterocycles. The molecule has 0 spiro atoms. The first kappa shape index (κ1) is 11.1. The summed E-state index contributed by atoms with van der Waals surface area (Å²) in [6.45, 7) is 0. The summed E-state index contributed by atoms with van der Waals surface area (Å²) in [7, 11) is -5.13. The van der Waals surface area contributed by atoms with Crippen LogP contribution in [0.2, 0.25) is 0 Å². The average Bonchev–Trinajstić information content (AvgIpc) is 2.15. The van der Waals surface area contributed by atoms with E-state index < -0.39 is 31.3 Å². The fourth-order valence-corrected chi connectivity index (χ4v) is 1.62. The number of nitrogens with zero attached hydrogens (tertiary/aromatic N) is 2. The van der Waals surface area contributed by atoms with Crippen molar-refractivity contribution in [1.82, 2.24) is 0 Å². The van der Waals surface area contributed by atoms with Crippen molar-refractivity contribution in [2.24, 2.45) is 0 Å². The fourth-order valence-electron chi connectivity index (χ4n) is 0.987. The Morgan fingerprint density at radius 1 is 1.47 bits per heavy atom. The van der Waals surface area contributed by atoms with Gasteiger partial charge < -0.3 is 0 Å². The number of hydrogen-bond donors (Lipinski definition) is 0. The summed E-state index contributed by atoms with van der Waals surface area (Å²) in [6.07, 6.45) is 0. The first-order valence-electron chi connectivity index (χ1n) is 3.50. The molecule has 0 unspecified atom stereocenters. The van der Waals surface area contributed by atoms with Crippen molar-refractivity contribution in [2.75, 3.05) is 0 Å². The number of nitriles is 1. The Bertz CT molecular complexity index is 561. The van der Waals surface area contributed by atoms with Gasteiger partial charge in [0.15, 0.2) is 5.56 Å². The molecule has 0 aromatic heterocycles. The smallest absolute Gasteiger partial charge is 0.258 e. The standard InChI is InChI=1S/C7H3FN2O4S/c8-15(13,14)7-3-1-2-6(10(11)12)5(7)4-9/h1-3H. The molecule has 0 N–H and O–H groups in total. The van der Waals surface area contributed by atoms with Crippen molar-refractivity contribution in [3.05, 3.63) is 33.9 Å². The Balaban J connectivity index is 3.66. The van der Waals surface area contributed by atoms with Gasteiger partial charge in [-0.1, -0.05) is 6.07 Å². The zero-order chi connectivity index (χ0) is 11.6. The predicted octanol–water partition coefficient (Wildman–Crippen LogP) is 1.12. The van der Waals surface area contributed by atoms with Gasteiger partial charge in [-0.25, -0.2) is 0 Å². The summed E-state index contributed by atoms with van der Waals surface area (Å²) in [6, 6.07) is 4.00. The van der Waals surface area contributed by atoms with Crippen LogP contribution in [0, 0.1) is 21.4 Å². The predicted molar refractivity (Wildman–Crippen MR) is 46.1 cm³/mol. The molecule has 15 heavy (non-hydrogen) atoms. The molecule has 1 aromatic rings. The van der Waals surface area contributed by atoms with Crippen molar-refractivity contribution >= 4 is 15.9 Å². The molecule has 1 aromatic carbocycles. The van der Waals surface area contributed by atoms with Gasteiger partial charge in [-0.2, -0.15) is 13.7 Å². The van der Waals surface area contributed by atoms with Crippen LogP contribution in [0.4, 0.5) is 9.57 Å². The van der Waals surface area contributed by atoms with Crippen molar-refractivity contribution in [2.45, 2.75) is 4.90 Å². The molecule has 0 aliphatic rings. The van der Waals surface area contributed by atoms with Crippen molar-refractivity contribution in [3.8, 4) is 6.07 Å². The normalized spacial score (nSPS) is 10.7. The summed E-state index contributed by atoms with van der Waals surface area (Å²) in [5, 5.41) is 18.9. The first-order valence-corrected chi connectivity index (χ1v) is 4.88. The molecular formula is C7H3FN2O4S. The van der Waals surface area contributed by atoms with Gasteiger partial charge in [0.1, 0.15) is 11.0 Å². The van der Waals surface area contributed by atoms with Crippen LogP contribution in [0.5, 0.6) is 0 Å². The van der Waals surface area contributed by atoms with Gasteiger partial charge in [0.05, 0.1) is 4.92 Å². The van der Waals surface area contributed by atoms with Crippen LogP contribution < -0.4 is 0 Å². The van der Waals surface area contributed by atoms with E-state index in [2.05, 4.69) is 0 Å². The quantitative estimate of drug-likeness (QED) is 0.430. The zero-order valence-corrected chi connectivity index (χ0v) is 7.86. The lowest BCUT2D eigenvalue weighted by molar-refractivity contribution is -0.385. The monoisotopic (exact) mass is 230 g/mol. The van der Waals surface area contributed by atoms with Gasteiger partial charge in [0.25, 0.3) is 5.69 Å². The van der Waals surface area contributed by atoms with E-state index in [1.807, 2.05) is 0 Å². The third-order valence-corrected chi connectivity index (χ3v) is 2.44. The molecule has 6 nitrogen and oxygen atoms in total. The second-order valence-corrected chi connectivity index (χ2v) is 3.77. The number of hydrogen-bond acceptors (Lipinski definition) is 5. The number of rotatable bonds is 2. The van der Waals surface area contributed by atoms with Crippen molar-refractivity contribution < 1.29 is 17.2 Å². The highest BCUT2D eigenvalue weighted by atomic mass is 32.3. The van der Waals surface area contributed by atoms with Crippen molar-refractivity contribution in [1.29, 1.82) is 5.26 Å². The molecule has 0 fully saturated rings.